The first-order valence-corrected chi connectivity index (χ1v) is 6.03. The third-order valence-corrected chi connectivity index (χ3v) is 2.96. The zero-order valence-corrected chi connectivity index (χ0v) is 11.2. The van der Waals surface area contributed by atoms with E-state index in [1.54, 1.807) is 7.05 Å². The van der Waals surface area contributed by atoms with Crippen molar-refractivity contribution in [3.05, 3.63) is 59.4 Å². The Hall–Kier alpha value is -2.69. The van der Waals surface area contributed by atoms with Gasteiger partial charge in [0.15, 0.2) is 0 Å². The number of hydrogen-bond acceptors (Lipinski definition) is 3. The molecular weight excluding hydrogens is 256 g/mol. The maximum absolute atomic E-state index is 12.2. The molecule has 5 nitrogen and oxygen atoms in total. The predicted octanol–water partition coefficient (Wildman–Crippen LogP) is 2.36. The quantitative estimate of drug-likeness (QED) is 0.929. The number of carboxylic acid groups (broad SMARTS) is 1. The molecule has 102 valence electrons. The van der Waals surface area contributed by atoms with Gasteiger partial charge in [-0.2, -0.15) is 0 Å². The molecule has 0 unspecified atom stereocenters. The lowest BCUT2D eigenvalue weighted by Gasteiger charge is -2.17. The number of rotatable bonds is 3. The number of nitrogens with zero attached hydrogens (tertiary/aromatic N) is 2. The molecule has 1 aromatic heterocycles. The summed E-state index contributed by atoms with van der Waals surface area (Å²) < 4.78 is 0. The standard InChI is InChI=1S/C15H14N2O3/c1-10-3-6-12(7-4-10)17(2)14(18)11-5-8-13(15(19)20)16-9-11/h3-9H,1-2H3,(H,19,20). The van der Waals surface area contributed by atoms with E-state index in [4.69, 9.17) is 5.11 Å². The molecule has 0 aliphatic heterocycles. The van der Waals surface area contributed by atoms with Crippen LogP contribution in [-0.4, -0.2) is 29.0 Å². The van der Waals surface area contributed by atoms with E-state index in [0.717, 1.165) is 11.3 Å². The van der Waals surface area contributed by atoms with Crippen LogP contribution < -0.4 is 4.90 Å². The molecule has 0 spiro atoms. The molecule has 20 heavy (non-hydrogen) atoms. The van der Waals surface area contributed by atoms with Crippen LogP contribution in [0.5, 0.6) is 0 Å². The maximum Gasteiger partial charge on any atom is 0.354 e. The van der Waals surface area contributed by atoms with E-state index in [1.807, 2.05) is 31.2 Å². The van der Waals surface area contributed by atoms with E-state index >= 15 is 0 Å². The molecule has 0 saturated heterocycles. The first kappa shape index (κ1) is 13.7. The minimum Gasteiger partial charge on any atom is -0.477 e. The highest BCUT2D eigenvalue weighted by atomic mass is 16.4. The van der Waals surface area contributed by atoms with Gasteiger partial charge < -0.3 is 10.0 Å². The first-order valence-electron chi connectivity index (χ1n) is 6.03. The molecule has 0 aliphatic rings. The van der Waals surface area contributed by atoms with Crippen molar-refractivity contribution in [3.63, 3.8) is 0 Å². The maximum atomic E-state index is 12.2. The van der Waals surface area contributed by atoms with Crippen LogP contribution in [-0.2, 0) is 0 Å². The van der Waals surface area contributed by atoms with Crippen LogP contribution in [0, 0.1) is 6.92 Å². The van der Waals surface area contributed by atoms with Crippen molar-refractivity contribution in [3.8, 4) is 0 Å². The Morgan fingerprint density at radius 1 is 1.10 bits per heavy atom. The Morgan fingerprint density at radius 3 is 2.25 bits per heavy atom. The fourth-order valence-electron chi connectivity index (χ4n) is 1.73. The van der Waals surface area contributed by atoms with Crippen molar-refractivity contribution in [1.29, 1.82) is 0 Å². The highest BCUT2D eigenvalue weighted by Crippen LogP contribution is 2.16. The van der Waals surface area contributed by atoms with Gasteiger partial charge in [-0.3, -0.25) is 4.79 Å². The van der Waals surface area contributed by atoms with Crippen molar-refractivity contribution >= 4 is 17.6 Å². The van der Waals surface area contributed by atoms with E-state index in [1.165, 1.54) is 23.2 Å². The largest absolute Gasteiger partial charge is 0.477 e. The fourth-order valence-corrected chi connectivity index (χ4v) is 1.73. The fraction of sp³-hybridized carbons (Fsp3) is 0.133. The number of anilines is 1. The van der Waals surface area contributed by atoms with Crippen molar-refractivity contribution in [1.82, 2.24) is 4.98 Å². The van der Waals surface area contributed by atoms with E-state index in [9.17, 15) is 9.59 Å². The van der Waals surface area contributed by atoms with E-state index < -0.39 is 5.97 Å². The zero-order chi connectivity index (χ0) is 14.7. The van der Waals surface area contributed by atoms with E-state index in [-0.39, 0.29) is 11.6 Å². The van der Waals surface area contributed by atoms with Crippen LogP contribution in [0.2, 0.25) is 0 Å². The zero-order valence-electron chi connectivity index (χ0n) is 11.2. The van der Waals surface area contributed by atoms with Gasteiger partial charge in [0.25, 0.3) is 5.91 Å². The molecule has 1 aromatic carbocycles. The molecule has 0 saturated carbocycles. The van der Waals surface area contributed by atoms with Crippen LogP contribution in [0.4, 0.5) is 5.69 Å². The molecule has 0 radical (unpaired) electrons. The summed E-state index contributed by atoms with van der Waals surface area (Å²) in [5.74, 6) is -1.35. The third kappa shape index (κ3) is 2.83. The Labute approximate surface area is 116 Å². The van der Waals surface area contributed by atoms with Gasteiger partial charge in [0, 0.05) is 18.9 Å². The van der Waals surface area contributed by atoms with Crippen LogP contribution >= 0.6 is 0 Å². The monoisotopic (exact) mass is 270 g/mol. The van der Waals surface area contributed by atoms with Crippen LogP contribution in [0.3, 0.4) is 0 Å². The number of carboxylic acids is 1. The van der Waals surface area contributed by atoms with Crippen molar-refractivity contribution in [2.75, 3.05) is 11.9 Å². The molecule has 0 bridgehead atoms. The summed E-state index contributed by atoms with van der Waals surface area (Å²) in [5.41, 5.74) is 2.14. The number of carbonyl (C=O) groups excluding carboxylic acids is 1. The minimum absolute atomic E-state index is 0.0838. The molecule has 1 heterocycles. The van der Waals surface area contributed by atoms with Crippen LogP contribution in [0.15, 0.2) is 42.6 Å². The van der Waals surface area contributed by atoms with Crippen molar-refractivity contribution < 1.29 is 14.7 Å². The Bertz CT molecular complexity index is 633. The minimum atomic E-state index is -1.11. The number of carbonyl (C=O) groups is 2. The number of amides is 1. The molecule has 2 rings (SSSR count). The Morgan fingerprint density at radius 2 is 1.75 bits per heavy atom. The molecule has 5 heteroatoms. The molecule has 2 aromatic rings. The second kappa shape index (κ2) is 5.52. The van der Waals surface area contributed by atoms with Gasteiger partial charge in [-0.05, 0) is 31.2 Å². The summed E-state index contributed by atoms with van der Waals surface area (Å²) in [4.78, 5) is 28.2. The lowest BCUT2D eigenvalue weighted by Crippen LogP contribution is -2.26. The molecular formula is C15H14N2O3. The normalized spacial score (nSPS) is 10.1. The number of benzene rings is 1. The van der Waals surface area contributed by atoms with Crippen LogP contribution in [0.1, 0.15) is 26.4 Å². The number of aromatic carboxylic acids is 1. The smallest absolute Gasteiger partial charge is 0.354 e. The van der Waals surface area contributed by atoms with Gasteiger partial charge in [-0.15, -0.1) is 0 Å². The summed E-state index contributed by atoms with van der Waals surface area (Å²) in [7, 11) is 1.66. The van der Waals surface area contributed by atoms with Gasteiger partial charge in [0.1, 0.15) is 5.69 Å². The molecule has 0 fully saturated rings. The highest BCUT2D eigenvalue weighted by molar-refractivity contribution is 6.05. The van der Waals surface area contributed by atoms with Crippen molar-refractivity contribution in [2.24, 2.45) is 0 Å². The summed E-state index contributed by atoms with van der Waals surface area (Å²) in [6.07, 6.45) is 1.27. The molecule has 1 amide bonds. The number of pyridine rings is 1. The molecule has 1 N–H and O–H groups in total. The average molecular weight is 270 g/mol. The summed E-state index contributed by atoms with van der Waals surface area (Å²) in [6, 6.07) is 10.3. The Balaban J connectivity index is 2.22. The predicted molar refractivity (Wildman–Crippen MR) is 75.1 cm³/mol. The number of aryl methyl sites for hydroxylation is 1. The second-order valence-electron chi connectivity index (χ2n) is 4.44. The van der Waals surface area contributed by atoms with Crippen molar-refractivity contribution in [2.45, 2.75) is 6.92 Å². The lowest BCUT2D eigenvalue weighted by molar-refractivity contribution is 0.0690. The Kier molecular flexibility index (Phi) is 3.79. The van der Waals surface area contributed by atoms with Gasteiger partial charge in [0.2, 0.25) is 0 Å². The highest BCUT2D eigenvalue weighted by Gasteiger charge is 2.14. The molecule has 0 atom stereocenters. The first-order chi connectivity index (χ1) is 9.49. The van der Waals surface area contributed by atoms with Gasteiger partial charge in [-0.25, -0.2) is 9.78 Å². The van der Waals surface area contributed by atoms with E-state index in [2.05, 4.69) is 4.98 Å². The summed E-state index contributed by atoms with van der Waals surface area (Å²) >= 11 is 0. The summed E-state index contributed by atoms with van der Waals surface area (Å²) in [5, 5.41) is 8.77. The van der Waals surface area contributed by atoms with E-state index in [0.29, 0.717) is 5.56 Å². The summed E-state index contributed by atoms with van der Waals surface area (Å²) in [6.45, 7) is 1.97. The number of hydrogen-bond donors (Lipinski definition) is 1. The number of aromatic nitrogens is 1. The lowest BCUT2D eigenvalue weighted by atomic mass is 10.2. The topological polar surface area (TPSA) is 70.5 Å². The SMILES string of the molecule is Cc1ccc(N(C)C(=O)c2ccc(C(=O)O)nc2)cc1. The second-order valence-corrected chi connectivity index (χ2v) is 4.44. The molecule has 0 aliphatic carbocycles. The average Bonchev–Trinajstić information content (AvgIpc) is 2.46. The van der Waals surface area contributed by atoms with Crippen LogP contribution in [0.25, 0.3) is 0 Å². The van der Waals surface area contributed by atoms with Gasteiger partial charge in [-0.1, -0.05) is 17.7 Å². The van der Waals surface area contributed by atoms with Gasteiger partial charge in [0.05, 0.1) is 5.56 Å². The van der Waals surface area contributed by atoms with Gasteiger partial charge >= 0.3 is 5.97 Å². The third-order valence-electron chi connectivity index (χ3n) is 2.96.